The smallest absolute Gasteiger partial charge is 0.229 e. The molecule has 1 saturated heterocycles. The predicted octanol–water partition coefficient (Wildman–Crippen LogP) is 2.30. The van der Waals surface area contributed by atoms with Crippen LogP contribution in [-0.4, -0.2) is 23.2 Å². The summed E-state index contributed by atoms with van der Waals surface area (Å²) in [5.41, 5.74) is 0. The Hall–Kier alpha value is -0.900. The third-order valence-corrected chi connectivity index (χ3v) is 3.55. The van der Waals surface area contributed by atoms with E-state index in [0.29, 0.717) is 17.8 Å². The van der Waals surface area contributed by atoms with Gasteiger partial charge in [-0.05, 0) is 31.8 Å². The van der Waals surface area contributed by atoms with Gasteiger partial charge in [-0.1, -0.05) is 25.9 Å². The largest absolute Gasteiger partial charge is 0.339 e. The van der Waals surface area contributed by atoms with Gasteiger partial charge >= 0.3 is 0 Å². The topological polar surface area (TPSA) is 51.0 Å². The van der Waals surface area contributed by atoms with Crippen LogP contribution in [0.3, 0.4) is 0 Å². The molecule has 0 aliphatic carbocycles. The molecule has 0 radical (unpaired) electrons. The van der Waals surface area contributed by atoms with Crippen LogP contribution in [0.15, 0.2) is 4.52 Å². The monoisotopic (exact) mass is 223 g/mol. The first-order chi connectivity index (χ1) is 7.68. The molecule has 1 aliphatic rings. The van der Waals surface area contributed by atoms with Crippen LogP contribution in [0.2, 0.25) is 0 Å². The van der Waals surface area contributed by atoms with Crippen LogP contribution >= 0.6 is 0 Å². The number of hydrogen-bond donors (Lipinski definition) is 1. The second kappa shape index (κ2) is 4.95. The summed E-state index contributed by atoms with van der Waals surface area (Å²) in [5.74, 6) is 3.08. The summed E-state index contributed by atoms with van der Waals surface area (Å²) in [7, 11) is 0. The van der Waals surface area contributed by atoms with Gasteiger partial charge in [0.15, 0.2) is 5.82 Å². The van der Waals surface area contributed by atoms with E-state index in [2.05, 4.69) is 36.2 Å². The standard InChI is InChI=1S/C12H21N3O/c1-8(2)9(3)12-14-11(15-16-12)10-4-6-13-7-5-10/h8-10,13H,4-7H2,1-3H3. The zero-order valence-corrected chi connectivity index (χ0v) is 10.4. The molecule has 1 unspecified atom stereocenters. The molecular formula is C12H21N3O. The fraction of sp³-hybridized carbons (Fsp3) is 0.833. The van der Waals surface area contributed by atoms with Gasteiger partial charge in [-0.3, -0.25) is 0 Å². The maximum atomic E-state index is 5.36. The van der Waals surface area contributed by atoms with Crippen LogP contribution in [0, 0.1) is 5.92 Å². The van der Waals surface area contributed by atoms with Gasteiger partial charge in [0.25, 0.3) is 0 Å². The third-order valence-electron chi connectivity index (χ3n) is 3.55. The second-order valence-electron chi connectivity index (χ2n) is 5.05. The van der Waals surface area contributed by atoms with Crippen molar-refractivity contribution in [2.45, 2.75) is 45.4 Å². The van der Waals surface area contributed by atoms with Gasteiger partial charge in [0.05, 0.1) is 0 Å². The number of aromatic nitrogens is 2. The minimum absolute atomic E-state index is 0.350. The Balaban J connectivity index is 2.06. The summed E-state index contributed by atoms with van der Waals surface area (Å²) < 4.78 is 5.36. The first kappa shape index (κ1) is 11.6. The zero-order valence-electron chi connectivity index (χ0n) is 10.4. The number of nitrogens with zero attached hydrogens (tertiary/aromatic N) is 2. The summed E-state index contributed by atoms with van der Waals surface area (Å²) in [6, 6.07) is 0. The molecule has 1 N–H and O–H groups in total. The molecule has 2 rings (SSSR count). The van der Waals surface area contributed by atoms with E-state index < -0.39 is 0 Å². The highest BCUT2D eigenvalue weighted by Crippen LogP contribution is 2.26. The molecule has 1 aromatic heterocycles. The van der Waals surface area contributed by atoms with E-state index >= 15 is 0 Å². The molecule has 16 heavy (non-hydrogen) atoms. The molecule has 0 spiro atoms. The van der Waals surface area contributed by atoms with E-state index in [0.717, 1.165) is 37.6 Å². The normalized spacial score (nSPS) is 20.2. The molecule has 1 fully saturated rings. The Morgan fingerprint density at radius 1 is 1.25 bits per heavy atom. The quantitative estimate of drug-likeness (QED) is 0.854. The van der Waals surface area contributed by atoms with Crippen molar-refractivity contribution in [1.82, 2.24) is 15.5 Å². The predicted molar refractivity (Wildman–Crippen MR) is 62.4 cm³/mol. The summed E-state index contributed by atoms with van der Waals surface area (Å²) in [6.07, 6.45) is 2.24. The molecule has 0 amide bonds. The molecule has 1 aliphatic heterocycles. The number of hydrogen-bond acceptors (Lipinski definition) is 4. The Morgan fingerprint density at radius 3 is 2.56 bits per heavy atom. The molecule has 0 saturated carbocycles. The molecule has 4 heteroatoms. The molecule has 4 nitrogen and oxygen atoms in total. The summed E-state index contributed by atoms with van der Waals surface area (Å²) in [4.78, 5) is 4.55. The second-order valence-corrected chi connectivity index (χ2v) is 5.05. The third kappa shape index (κ3) is 2.43. The Labute approximate surface area is 96.8 Å². The fourth-order valence-corrected chi connectivity index (χ4v) is 1.96. The summed E-state index contributed by atoms with van der Waals surface area (Å²) in [6.45, 7) is 8.63. The molecular weight excluding hydrogens is 202 g/mol. The van der Waals surface area contributed by atoms with Crippen LogP contribution in [0.4, 0.5) is 0 Å². The maximum absolute atomic E-state index is 5.36. The van der Waals surface area contributed by atoms with Crippen molar-refractivity contribution in [3.05, 3.63) is 11.7 Å². The Kier molecular flexibility index (Phi) is 3.59. The van der Waals surface area contributed by atoms with Crippen LogP contribution in [-0.2, 0) is 0 Å². The van der Waals surface area contributed by atoms with Crippen molar-refractivity contribution < 1.29 is 4.52 Å². The first-order valence-electron chi connectivity index (χ1n) is 6.22. The lowest BCUT2D eigenvalue weighted by atomic mass is 9.96. The number of nitrogens with one attached hydrogen (secondary N) is 1. The lowest BCUT2D eigenvalue weighted by Crippen LogP contribution is -2.27. The minimum atomic E-state index is 0.350. The van der Waals surface area contributed by atoms with Crippen LogP contribution in [0.5, 0.6) is 0 Å². The van der Waals surface area contributed by atoms with Crippen LogP contribution < -0.4 is 5.32 Å². The van der Waals surface area contributed by atoms with Crippen molar-refractivity contribution in [1.29, 1.82) is 0 Å². The van der Waals surface area contributed by atoms with E-state index in [9.17, 15) is 0 Å². The molecule has 1 atom stereocenters. The van der Waals surface area contributed by atoms with E-state index in [1.165, 1.54) is 0 Å². The zero-order chi connectivity index (χ0) is 11.5. The first-order valence-corrected chi connectivity index (χ1v) is 6.22. The maximum Gasteiger partial charge on any atom is 0.229 e. The van der Waals surface area contributed by atoms with Gasteiger partial charge in [0.2, 0.25) is 5.89 Å². The lowest BCUT2D eigenvalue weighted by molar-refractivity contribution is 0.324. The highest BCUT2D eigenvalue weighted by molar-refractivity contribution is 5.00. The van der Waals surface area contributed by atoms with Gasteiger partial charge in [-0.15, -0.1) is 0 Å². The van der Waals surface area contributed by atoms with Gasteiger partial charge in [0, 0.05) is 11.8 Å². The highest BCUT2D eigenvalue weighted by atomic mass is 16.5. The van der Waals surface area contributed by atoms with E-state index in [1.54, 1.807) is 0 Å². The van der Waals surface area contributed by atoms with Crippen molar-refractivity contribution in [3.63, 3.8) is 0 Å². The number of rotatable bonds is 3. The van der Waals surface area contributed by atoms with Gasteiger partial charge in [-0.25, -0.2) is 0 Å². The van der Waals surface area contributed by atoms with E-state index in [1.807, 2.05) is 0 Å². The summed E-state index contributed by atoms with van der Waals surface area (Å²) in [5, 5.41) is 7.48. The molecule has 0 aromatic carbocycles. The minimum Gasteiger partial charge on any atom is -0.339 e. The van der Waals surface area contributed by atoms with E-state index in [4.69, 9.17) is 4.52 Å². The average Bonchev–Trinajstić information content (AvgIpc) is 2.78. The molecule has 1 aromatic rings. The van der Waals surface area contributed by atoms with Crippen molar-refractivity contribution in [2.24, 2.45) is 5.92 Å². The fourth-order valence-electron chi connectivity index (χ4n) is 1.96. The average molecular weight is 223 g/mol. The van der Waals surface area contributed by atoms with Gasteiger partial charge in [0.1, 0.15) is 0 Å². The van der Waals surface area contributed by atoms with Crippen molar-refractivity contribution in [3.8, 4) is 0 Å². The molecule has 0 bridgehead atoms. The lowest BCUT2D eigenvalue weighted by Gasteiger charge is -2.19. The summed E-state index contributed by atoms with van der Waals surface area (Å²) >= 11 is 0. The van der Waals surface area contributed by atoms with Crippen molar-refractivity contribution in [2.75, 3.05) is 13.1 Å². The van der Waals surface area contributed by atoms with Crippen LogP contribution in [0.1, 0.15) is 57.2 Å². The van der Waals surface area contributed by atoms with E-state index in [-0.39, 0.29) is 0 Å². The van der Waals surface area contributed by atoms with Crippen LogP contribution in [0.25, 0.3) is 0 Å². The van der Waals surface area contributed by atoms with Gasteiger partial charge < -0.3 is 9.84 Å². The SMILES string of the molecule is CC(C)C(C)c1nc(C2CCNCC2)no1. The highest BCUT2D eigenvalue weighted by Gasteiger charge is 2.23. The Morgan fingerprint density at radius 2 is 1.94 bits per heavy atom. The molecule has 2 heterocycles. The number of piperidine rings is 1. The Bertz CT molecular complexity index is 329. The van der Waals surface area contributed by atoms with Gasteiger partial charge in [-0.2, -0.15) is 4.98 Å². The van der Waals surface area contributed by atoms with Crippen molar-refractivity contribution >= 4 is 0 Å². The molecule has 90 valence electrons.